The van der Waals surface area contributed by atoms with E-state index in [1.165, 1.54) is 0 Å². The number of nitrogens with zero attached hydrogens (tertiary/aromatic N) is 3. The van der Waals surface area contributed by atoms with Crippen LogP contribution in [-0.2, 0) is 0 Å². The first kappa shape index (κ1) is 16.0. The van der Waals surface area contributed by atoms with Crippen molar-refractivity contribution in [1.29, 1.82) is 0 Å². The second-order valence-electron chi connectivity index (χ2n) is 5.71. The summed E-state index contributed by atoms with van der Waals surface area (Å²) in [6.07, 6.45) is 0. The quantitative estimate of drug-likeness (QED) is 0.777. The third-order valence-electron chi connectivity index (χ3n) is 4.29. The SMILES string of the molecule is Cc1c(-c2nc(C3CNCCN3C)no2)oc2ccccc12.Cl. The fourth-order valence-electron chi connectivity index (χ4n) is 2.94. The minimum absolute atomic E-state index is 0. The van der Waals surface area contributed by atoms with E-state index in [2.05, 4.69) is 27.4 Å². The number of hydrogen-bond acceptors (Lipinski definition) is 6. The fourth-order valence-corrected chi connectivity index (χ4v) is 2.94. The van der Waals surface area contributed by atoms with Gasteiger partial charge in [0.1, 0.15) is 5.58 Å². The first-order chi connectivity index (χ1) is 10.7. The van der Waals surface area contributed by atoms with Gasteiger partial charge in [0.2, 0.25) is 0 Å². The summed E-state index contributed by atoms with van der Waals surface area (Å²) in [5, 5.41) is 8.59. The van der Waals surface area contributed by atoms with Gasteiger partial charge in [-0.2, -0.15) is 4.98 Å². The number of likely N-dealkylation sites (N-methyl/N-ethyl adjacent to an activating group) is 1. The van der Waals surface area contributed by atoms with Crippen molar-refractivity contribution < 1.29 is 8.94 Å². The molecule has 0 bridgehead atoms. The van der Waals surface area contributed by atoms with Crippen LogP contribution in [0.2, 0.25) is 0 Å². The maximum atomic E-state index is 5.89. The van der Waals surface area contributed by atoms with Crippen LogP contribution in [-0.4, -0.2) is 41.7 Å². The molecule has 7 heteroatoms. The molecule has 1 unspecified atom stereocenters. The highest BCUT2D eigenvalue weighted by Crippen LogP contribution is 2.32. The van der Waals surface area contributed by atoms with Crippen LogP contribution in [0.4, 0.5) is 0 Å². The Labute approximate surface area is 140 Å². The van der Waals surface area contributed by atoms with Crippen LogP contribution in [0, 0.1) is 6.92 Å². The summed E-state index contributed by atoms with van der Waals surface area (Å²) in [5.74, 6) is 1.80. The fraction of sp³-hybridized carbons (Fsp3) is 0.375. The van der Waals surface area contributed by atoms with Gasteiger partial charge in [0, 0.05) is 30.6 Å². The van der Waals surface area contributed by atoms with E-state index in [1.54, 1.807) is 0 Å². The molecule has 0 amide bonds. The van der Waals surface area contributed by atoms with Gasteiger partial charge in [-0.1, -0.05) is 23.4 Å². The Bertz CT molecular complexity index is 813. The molecule has 1 aromatic carbocycles. The maximum absolute atomic E-state index is 5.89. The maximum Gasteiger partial charge on any atom is 0.294 e. The van der Waals surface area contributed by atoms with Crippen molar-refractivity contribution in [3.8, 4) is 11.7 Å². The number of fused-ring (bicyclic) bond motifs is 1. The van der Waals surface area contributed by atoms with Gasteiger partial charge in [0.15, 0.2) is 11.6 Å². The van der Waals surface area contributed by atoms with Crippen LogP contribution in [0.3, 0.4) is 0 Å². The van der Waals surface area contributed by atoms with Crippen LogP contribution in [0.15, 0.2) is 33.2 Å². The van der Waals surface area contributed by atoms with Crippen molar-refractivity contribution in [3.63, 3.8) is 0 Å². The number of halogens is 1. The molecule has 1 fully saturated rings. The lowest BCUT2D eigenvalue weighted by atomic mass is 10.1. The Kier molecular flexibility index (Phi) is 4.39. The number of aryl methyl sites for hydroxylation is 1. The average Bonchev–Trinajstić information content (AvgIpc) is 3.13. The molecule has 1 aliphatic heterocycles. The molecule has 122 valence electrons. The molecule has 0 spiro atoms. The third kappa shape index (κ3) is 2.73. The van der Waals surface area contributed by atoms with Gasteiger partial charge in [-0.05, 0) is 20.0 Å². The topological polar surface area (TPSA) is 67.3 Å². The summed E-state index contributed by atoms with van der Waals surface area (Å²) < 4.78 is 11.3. The van der Waals surface area contributed by atoms with Gasteiger partial charge in [0.05, 0.1) is 6.04 Å². The molecule has 0 saturated carbocycles. The van der Waals surface area contributed by atoms with E-state index in [9.17, 15) is 0 Å². The Morgan fingerprint density at radius 2 is 2.13 bits per heavy atom. The van der Waals surface area contributed by atoms with Gasteiger partial charge in [-0.3, -0.25) is 4.90 Å². The number of para-hydroxylation sites is 1. The third-order valence-corrected chi connectivity index (χ3v) is 4.29. The zero-order valence-corrected chi connectivity index (χ0v) is 13.9. The molecule has 1 saturated heterocycles. The molecule has 4 rings (SSSR count). The summed E-state index contributed by atoms with van der Waals surface area (Å²) in [4.78, 5) is 6.79. The highest BCUT2D eigenvalue weighted by atomic mass is 35.5. The molecular formula is C16H19ClN4O2. The summed E-state index contributed by atoms with van der Waals surface area (Å²) >= 11 is 0. The van der Waals surface area contributed by atoms with E-state index in [0.717, 1.165) is 36.2 Å². The molecule has 1 aliphatic rings. The first-order valence-electron chi connectivity index (χ1n) is 7.47. The van der Waals surface area contributed by atoms with E-state index in [4.69, 9.17) is 8.94 Å². The molecule has 23 heavy (non-hydrogen) atoms. The molecule has 3 aromatic rings. The Balaban J connectivity index is 0.00000156. The second kappa shape index (κ2) is 6.31. The average molecular weight is 335 g/mol. The van der Waals surface area contributed by atoms with E-state index < -0.39 is 0 Å². The van der Waals surface area contributed by atoms with E-state index in [1.807, 2.05) is 31.2 Å². The van der Waals surface area contributed by atoms with Crippen LogP contribution < -0.4 is 5.32 Å². The predicted molar refractivity (Wildman–Crippen MR) is 89.7 cm³/mol. The van der Waals surface area contributed by atoms with Gasteiger partial charge in [-0.15, -0.1) is 12.4 Å². The number of furan rings is 1. The molecule has 1 atom stereocenters. The largest absolute Gasteiger partial charge is 0.451 e. The lowest BCUT2D eigenvalue weighted by Crippen LogP contribution is -2.44. The van der Waals surface area contributed by atoms with Crippen molar-refractivity contribution in [3.05, 3.63) is 35.7 Å². The second-order valence-corrected chi connectivity index (χ2v) is 5.71. The van der Waals surface area contributed by atoms with Crippen LogP contribution in [0.1, 0.15) is 17.4 Å². The highest BCUT2D eigenvalue weighted by Gasteiger charge is 2.27. The number of hydrogen-bond donors (Lipinski definition) is 1. The first-order valence-corrected chi connectivity index (χ1v) is 7.47. The molecule has 3 heterocycles. The van der Waals surface area contributed by atoms with Crippen molar-refractivity contribution in [2.24, 2.45) is 0 Å². The van der Waals surface area contributed by atoms with E-state index in [-0.39, 0.29) is 18.4 Å². The standard InChI is InChI=1S/C16H18N4O2.ClH/c1-10-11-5-3-4-6-13(11)21-14(10)16-18-15(19-22-16)12-9-17-7-8-20(12)2;/h3-6,12,17H,7-9H2,1-2H3;1H. The van der Waals surface area contributed by atoms with Gasteiger partial charge < -0.3 is 14.3 Å². The van der Waals surface area contributed by atoms with Gasteiger partial charge >= 0.3 is 0 Å². The number of benzene rings is 1. The summed E-state index contributed by atoms with van der Waals surface area (Å²) in [6, 6.07) is 8.07. The molecule has 0 radical (unpaired) electrons. The summed E-state index contributed by atoms with van der Waals surface area (Å²) in [7, 11) is 2.08. The number of rotatable bonds is 2. The molecule has 2 aromatic heterocycles. The number of nitrogens with one attached hydrogen (secondary N) is 1. The zero-order chi connectivity index (χ0) is 15.1. The summed E-state index contributed by atoms with van der Waals surface area (Å²) in [5.41, 5.74) is 1.87. The predicted octanol–water partition coefficient (Wildman–Crippen LogP) is 2.79. The van der Waals surface area contributed by atoms with Gasteiger partial charge in [0.25, 0.3) is 5.89 Å². The van der Waals surface area contributed by atoms with Crippen LogP contribution in [0.5, 0.6) is 0 Å². The van der Waals surface area contributed by atoms with Crippen LogP contribution >= 0.6 is 12.4 Å². The highest BCUT2D eigenvalue weighted by molar-refractivity contribution is 5.86. The summed E-state index contributed by atoms with van der Waals surface area (Å²) in [6.45, 7) is 4.80. The lowest BCUT2D eigenvalue weighted by Gasteiger charge is -2.30. The van der Waals surface area contributed by atoms with Crippen LogP contribution in [0.25, 0.3) is 22.6 Å². The molecular weight excluding hydrogens is 316 g/mol. The minimum atomic E-state index is 0. The molecule has 0 aliphatic carbocycles. The van der Waals surface area contributed by atoms with Gasteiger partial charge in [-0.25, -0.2) is 0 Å². The minimum Gasteiger partial charge on any atom is -0.451 e. The lowest BCUT2D eigenvalue weighted by molar-refractivity contribution is 0.190. The van der Waals surface area contributed by atoms with Crippen molar-refractivity contribution in [2.45, 2.75) is 13.0 Å². The Morgan fingerprint density at radius 3 is 2.91 bits per heavy atom. The van der Waals surface area contributed by atoms with Crippen molar-refractivity contribution >= 4 is 23.4 Å². The Morgan fingerprint density at radius 1 is 1.30 bits per heavy atom. The number of aromatic nitrogens is 2. The van der Waals surface area contributed by atoms with Crippen molar-refractivity contribution in [2.75, 3.05) is 26.7 Å². The van der Waals surface area contributed by atoms with Crippen molar-refractivity contribution in [1.82, 2.24) is 20.4 Å². The molecule has 1 N–H and O–H groups in total. The normalized spacial score (nSPS) is 19.0. The van der Waals surface area contributed by atoms with E-state index >= 15 is 0 Å². The zero-order valence-electron chi connectivity index (χ0n) is 13.1. The molecule has 6 nitrogen and oxygen atoms in total. The Hall–Kier alpha value is -1.89. The smallest absolute Gasteiger partial charge is 0.294 e. The number of piperazine rings is 1. The van der Waals surface area contributed by atoms with E-state index in [0.29, 0.717) is 17.5 Å². The monoisotopic (exact) mass is 334 g/mol.